The summed E-state index contributed by atoms with van der Waals surface area (Å²) >= 11 is 0. The number of aryl methyl sites for hydroxylation is 2. The average molecular weight is 302 g/mol. The van der Waals surface area contributed by atoms with E-state index in [1.165, 1.54) is 17.0 Å². The molecule has 0 saturated heterocycles. The topological polar surface area (TPSA) is 53.4 Å². The van der Waals surface area contributed by atoms with Gasteiger partial charge >= 0.3 is 0 Å². The Hall–Kier alpha value is -2.27. The molecule has 0 fully saturated rings. The van der Waals surface area contributed by atoms with E-state index in [2.05, 4.69) is 4.98 Å². The molecule has 1 aromatic heterocycles. The normalized spacial score (nSPS) is 10.5. The fraction of sp³-hybridized carbons (Fsp3) is 0.294. The first-order valence-electron chi connectivity index (χ1n) is 7.09. The Labute approximate surface area is 129 Å². The maximum atomic E-state index is 13.3. The number of pyridine rings is 1. The molecule has 4 nitrogen and oxygen atoms in total. The van der Waals surface area contributed by atoms with E-state index in [-0.39, 0.29) is 31.4 Å². The van der Waals surface area contributed by atoms with Crippen LogP contribution < -0.4 is 0 Å². The maximum Gasteiger partial charge on any atom is 0.254 e. The van der Waals surface area contributed by atoms with Gasteiger partial charge in [0.25, 0.3) is 5.91 Å². The van der Waals surface area contributed by atoms with Crippen molar-refractivity contribution in [2.24, 2.45) is 0 Å². The molecule has 1 heterocycles. The number of aromatic nitrogens is 1. The zero-order chi connectivity index (χ0) is 16.1. The van der Waals surface area contributed by atoms with Gasteiger partial charge in [-0.1, -0.05) is 12.1 Å². The summed E-state index contributed by atoms with van der Waals surface area (Å²) in [6.07, 6.45) is 0. The molecule has 1 aromatic carbocycles. The highest BCUT2D eigenvalue weighted by atomic mass is 19.1. The molecule has 1 N–H and O–H groups in total. The van der Waals surface area contributed by atoms with Gasteiger partial charge in [0.05, 0.1) is 6.61 Å². The first kappa shape index (κ1) is 16.1. The highest BCUT2D eigenvalue weighted by Crippen LogP contribution is 2.13. The van der Waals surface area contributed by atoms with E-state index in [0.29, 0.717) is 11.1 Å². The van der Waals surface area contributed by atoms with E-state index in [4.69, 9.17) is 0 Å². The van der Waals surface area contributed by atoms with Gasteiger partial charge < -0.3 is 10.0 Å². The van der Waals surface area contributed by atoms with E-state index in [0.717, 1.165) is 11.4 Å². The maximum absolute atomic E-state index is 13.3. The monoisotopic (exact) mass is 302 g/mol. The number of benzene rings is 1. The van der Waals surface area contributed by atoms with E-state index in [1.807, 2.05) is 13.8 Å². The molecule has 0 aliphatic heterocycles. The number of amides is 1. The van der Waals surface area contributed by atoms with Crippen molar-refractivity contribution in [3.63, 3.8) is 0 Å². The molecule has 0 bridgehead atoms. The molecule has 2 aromatic rings. The predicted molar refractivity (Wildman–Crippen MR) is 81.9 cm³/mol. The molecule has 0 spiro atoms. The minimum Gasteiger partial charge on any atom is -0.395 e. The van der Waals surface area contributed by atoms with Gasteiger partial charge in [-0.3, -0.25) is 9.78 Å². The minimum absolute atomic E-state index is 0.149. The van der Waals surface area contributed by atoms with Gasteiger partial charge in [0.1, 0.15) is 5.82 Å². The number of hydrogen-bond acceptors (Lipinski definition) is 3. The Morgan fingerprint density at radius 2 is 1.91 bits per heavy atom. The van der Waals surface area contributed by atoms with Gasteiger partial charge in [0.15, 0.2) is 0 Å². The summed E-state index contributed by atoms with van der Waals surface area (Å²) in [7, 11) is 0. The van der Waals surface area contributed by atoms with Crippen molar-refractivity contribution in [2.45, 2.75) is 20.4 Å². The summed E-state index contributed by atoms with van der Waals surface area (Å²) < 4.78 is 13.3. The van der Waals surface area contributed by atoms with Gasteiger partial charge in [-0.2, -0.15) is 0 Å². The SMILES string of the molecule is Cc1cc(C(=O)N(CCO)Cc2cccc(F)c2)cc(C)n1. The number of nitrogens with zero attached hydrogens (tertiary/aromatic N) is 2. The molecule has 0 aliphatic rings. The number of carbonyl (C=O) groups is 1. The molecule has 2 rings (SSSR count). The van der Waals surface area contributed by atoms with Crippen molar-refractivity contribution >= 4 is 5.91 Å². The fourth-order valence-corrected chi connectivity index (χ4v) is 2.37. The average Bonchev–Trinajstić information content (AvgIpc) is 2.45. The highest BCUT2D eigenvalue weighted by molar-refractivity contribution is 5.94. The van der Waals surface area contributed by atoms with Crippen LogP contribution in [0.5, 0.6) is 0 Å². The van der Waals surface area contributed by atoms with Crippen LogP contribution >= 0.6 is 0 Å². The molecule has 1 amide bonds. The lowest BCUT2D eigenvalue weighted by atomic mass is 10.1. The lowest BCUT2D eigenvalue weighted by molar-refractivity contribution is 0.0707. The molecule has 0 atom stereocenters. The number of carbonyl (C=O) groups excluding carboxylic acids is 1. The third-order valence-electron chi connectivity index (χ3n) is 3.25. The van der Waals surface area contributed by atoms with Crippen molar-refractivity contribution < 1.29 is 14.3 Å². The zero-order valence-corrected chi connectivity index (χ0v) is 12.7. The smallest absolute Gasteiger partial charge is 0.254 e. The van der Waals surface area contributed by atoms with Crippen LogP contribution in [0.25, 0.3) is 0 Å². The first-order chi connectivity index (χ1) is 10.5. The fourth-order valence-electron chi connectivity index (χ4n) is 2.37. The molecular formula is C17H19FN2O2. The van der Waals surface area contributed by atoms with Crippen LogP contribution in [0.3, 0.4) is 0 Å². The molecule has 0 radical (unpaired) electrons. The molecule has 0 aliphatic carbocycles. The molecular weight excluding hydrogens is 283 g/mol. The summed E-state index contributed by atoms with van der Waals surface area (Å²) in [5.41, 5.74) is 2.73. The van der Waals surface area contributed by atoms with Crippen LogP contribution in [0.4, 0.5) is 4.39 Å². The van der Waals surface area contributed by atoms with Crippen LogP contribution in [0, 0.1) is 19.7 Å². The van der Waals surface area contributed by atoms with E-state index in [9.17, 15) is 14.3 Å². The summed E-state index contributed by atoms with van der Waals surface area (Å²) in [4.78, 5) is 18.4. The Kier molecular flexibility index (Phi) is 5.22. The Balaban J connectivity index is 2.24. The number of aliphatic hydroxyl groups excluding tert-OH is 1. The van der Waals surface area contributed by atoms with Crippen LogP contribution in [0.2, 0.25) is 0 Å². The third-order valence-corrected chi connectivity index (χ3v) is 3.25. The van der Waals surface area contributed by atoms with Crippen LogP contribution in [0.1, 0.15) is 27.3 Å². The summed E-state index contributed by atoms with van der Waals surface area (Å²) in [6, 6.07) is 9.53. The minimum atomic E-state index is -0.343. The zero-order valence-electron chi connectivity index (χ0n) is 12.7. The second-order valence-corrected chi connectivity index (χ2v) is 5.22. The third kappa shape index (κ3) is 4.11. The van der Waals surface area contributed by atoms with Gasteiger partial charge in [-0.15, -0.1) is 0 Å². The lowest BCUT2D eigenvalue weighted by Crippen LogP contribution is -2.33. The van der Waals surface area contributed by atoms with Crippen molar-refractivity contribution in [3.05, 3.63) is 64.7 Å². The number of hydrogen-bond donors (Lipinski definition) is 1. The summed E-state index contributed by atoms with van der Waals surface area (Å²) in [6.45, 7) is 3.94. The number of halogens is 1. The van der Waals surface area contributed by atoms with Gasteiger partial charge in [-0.25, -0.2) is 4.39 Å². The second kappa shape index (κ2) is 7.13. The molecule has 0 unspecified atom stereocenters. The Morgan fingerprint density at radius 1 is 1.23 bits per heavy atom. The number of aliphatic hydroxyl groups is 1. The number of rotatable bonds is 5. The van der Waals surface area contributed by atoms with E-state index in [1.54, 1.807) is 24.3 Å². The van der Waals surface area contributed by atoms with E-state index >= 15 is 0 Å². The van der Waals surface area contributed by atoms with Gasteiger partial charge in [-0.05, 0) is 43.7 Å². The van der Waals surface area contributed by atoms with Crippen LogP contribution in [-0.2, 0) is 6.54 Å². The predicted octanol–water partition coefficient (Wildman–Crippen LogP) is 2.47. The largest absolute Gasteiger partial charge is 0.395 e. The quantitative estimate of drug-likeness (QED) is 0.923. The van der Waals surface area contributed by atoms with Crippen molar-refractivity contribution in [3.8, 4) is 0 Å². The summed E-state index contributed by atoms with van der Waals surface area (Å²) in [5, 5.41) is 9.19. The van der Waals surface area contributed by atoms with Crippen LogP contribution in [-0.4, -0.2) is 34.0 Å². The highest BCUT2D eigenvalue weighted by Gasteiger charge is 2.17. The molecule has 116 valence electrons. The van der Waals surface area contributed by atoms with Gasteiger partial charge in [0, 0.05) is 30.0 Å². The van der Waals surface area contributed by atoms with Crippen LogP contribution in [0.15, 0.2) is 36.4 Å². The standard InChI is InChI=1S/C17H19FN2O2/c1-12-8-15(9-13(2)19-12)17(22)20(6-7-21)11-14-4-3-5-16(18)10-14/h3-5,8-10,21H,6-7,11H2,1-2H3. The van der Waals surface area contributed by atoms with Gasteiger partial charge in [0.2, 0.25) is 0 Å². The molecule has 5 heteroatoms. The van der Waals surface area contributed by atoms with Crippen molar-refractivity contribution in [1.82, 2.24) is 9.88 Å². The second-order valence-electron chi connectivity index (χ2n) is 5.22. The Morgan fingerprint density at radius 3 is 2.50 bits per heavy atom. The first-order valence-corrected chi connectivity index (χ1v) is 7.09. The summed E-state index contributed by atoms with van der Waals surface area (Å²) in [5.74, 6) is -0.545. The Bertz CT molecular complexity index is 653. The lowest BCUT2D eigenvalue weighted by Gasteiger charge is -2.22. The van der Waals surface area contributed by atoms with Crippen molar-refractivity contribution in [2.75, 3.05) is 13.2 Å². The van der Waals surface area contributed by atoms with Crippen molar-refractivity contribution in [1.29, 1.82) is 0 Å². The molecule has 0 saturated carbocycles. The van der Waals surface area contributed by atoms with E-state index < -0.39 is 0 Å². The molecule has 22 heavy (non-hydrogen) atoms.